The van der Waals surface area contributed by atoms with Crippen LogP contribution < -0.4 is 5.32 Å². The first-order chi connectivity index (χ1) is 9.99. The van der Waals surface area contributed by atoms with Crippen LogP contribution >= 0.6 is 0 Å². The van der Waals surface area contributed by atoms with Gasteiger partial charge >= 0.3 is 0 Å². The first kappa shape index (κ1) is 15.9. The molecule has 0 aromatic heterocycles. The van der Waals surface area contributed by atoms with Crippen LogP contribution in [0.1, 0.15) is 37.0 Å². The normalized spacial score (nSPS) is 19.8. The van der Waals surface area contributed by atoms with Gasteiger partial charge < -0.3 is 10.2 Å². The van der Waals surface area contributed by atoms with Crippen molar-refractivity contribution >= 4 is 5.91 Å². The molecule has 2 rings (SSSR count). The third-order valence-corrected chi connectivity index (χ3v) is 4.02. The minimum absolute atomic E-state index is 0.333. The van der Waals surface area contributed by atoms with Gasteiger partial charge in [0.05, 0.1) is 0 Å². The van der Waals surface area contributed by atoms with Crippen LogP contribution in [-0.4, -0.2) is 36.5 Å². The molecule has 3 nitrogen and oxygen atoms in total. The number of carbonyl (C=O) groups is 1. The zero-order chi connectivity index (χ0) is 15.4. The molecular weight excluding hydrogens is 274 g/mol. The second-order valence-corrected chi connectivity index (χ2v) is 5.90. The SMILES string of the molecule is CC(C)N1CCC[C@H](CNC(=O)c2c(F)cccc2F)C1. The van der Waals surface area contributed by atoms with Crippen molar-refractivity contribution < 1.29 is 13.6 Å². The molecule has 1 aromatic rings. The number of rotatable bonds is 4. The fourth-order valence-corrected chi connectivity index (χ4v) is 2.77. The van der Waals surface area contributed by atoms with E-state index in [2.05, 4.69) is 24.1 Å². The average molecular weight is 296 g/mol. The molecular formula is C16H22F2N2O. The van der Waals surface area contributed by atoms with E-state index in [1.807, 2.05) is 0 Å². The number of amides is 1. The third-order valence-electron chi connectivity index (χ3n) is 4.02. The third kappa shape index (κ3) is 4.00. The number of halogens is 2. The van der Waals surface area contributed by atoms with E-state index in [9.17, 15) is 13.6 Å². The Balaban J connectivity index is 1.92. The molecule has 1 atom stereocenters. The van der Waals surface area contributed by atoms with Crippen molar-refractivity contribution in [3.63, 3.8) is 0 Å². The van der Waals surface area contributed by atoms with Gasteiger partial charge in [0.1, 0.15) is 17.2 Å². The van der Waals surface area contributed by atoms with E-state index >= 15 is 0 Å². The standard InChI is InChI=1S/C16H22F2N2O/c1-11(2)20-8-4-5-12(10-20)9-19-16(21)15-13(17)6-3-7-14(15)18/h3,6-7,11-12H,4-5,8-10H2,1-2H3,(H,19,21)/t12-/m1/s1. The molecule has 21 heavy (non-hydrogen) atoms. The maximum atomic E-state index is 13.5. The summed E-state index contributed by atoms with van der Waals surface area (Å²) in [5, 5.41) is 2.66. The van der Waals surface area contributed by atoms with Crippen molar-refractivity contribution in [2.45, 2.75) is 32.7 Å². The Bertz CT molecular complexity index is 485. The molecule has 5 heteroatoms. The van der Waals surface area contributed by atoms with Gasteiger partial charge in [-0.1, -0.05) is 6.07 Å². The Hall–Kier alpha value is -1.49. The Kier molecular flexibility index (Phi) is 5.28. The summed E-state index contributed by atoms with van der Waals surface area (Å²) in [4.78, 5) is 14.3. The van der Waals surface area contributed by atoms with Gasteiger partial charge in [-0.05, 0) is 51.3 Å². The molecule has 1 aromatic carbocycles. The quantitative estimate of drug-likeness (QED) is 0.926. The summed E-state index contributed by atoms with van der Waals surface area (Å²) in [6.07, 6.45) is 2.12. The number of benzene rings is 1. The monoisotopic (exact) mass is 296 g/mol. The summed E-state index contributed by atoms with van der Waals surface area (Å²) in [5.74, 6) is -1.98. The van der Waals surface area contributed by atoms with Crippen molar-refractivity contribution in [1.29, 1.82) is 0 Å². The lowest BCUT2D eigenvalue weighted by Crippen LogP contribution is -2.43. The summed E-state index contributed by atoms with van der Waals surface area (Å²) in [5.41, 5.74) is -0.492. The fourth-order valence-electron chi connectivity index (χ4n) is 2.77. The highest BCUT2D eigenvalue weighted by Crippen LogP contribution is 2.18. The Morgan fingerprint density at radius 3 is 2.67 bits per heavy atom. The first-order valence-electron chi connectivity index (χ1n) is 7.45. The zero-order valence-corrected chi connectivity index (χ0v) is 12.5. The summed E-state index contributed by atoms with van der Waals surface area (Å²) in [6.45, 7) is 6.74. The highest BCUT2D eigenvalue weighted by atomic mass is 19.1. The van der Waals surface area contributed by atoms with Gasteiger partial charge in [0.2, 0.25) is 0 Å². The maximum absolute atomic E-state index is 13.5. The predicted molar refractivity (Wildman–Crippen MR) is 78.1 cm³/mol. The van der Waals surface area contributed by atoms with Crippen LogP contribution in [0.4, 0.5) is 8.78 Å². The van der Waals surface area contributed by atoms with Crippen LogP contribution in [0.5, 0.6) is 0 Å². The average Bonchev–Trinajstić information content (AvgIpc) is 2.45. The van der Waals surface area contributed by atoms with Crippen molar-refractivity contribution in [1.82, 2.24) is 10.2 Å². The van der Waals surface area contributed by atoms with Crippen molar-refractivity contribution in [3.05, 3.63) is 35.4 Å². The van der Waals surface area contributed by atoms with Gasteiger partial charge in [-0.25, -0.2) is 8.78 Å². The van der Waals surface area contributed by atoms with Crippen LogP contribution in [0.25, 0.3) is 0 Å². The van der Waals surface area contributed by atoms with E-state index < -0.39 is 23.1 Å². The van der Waals surface area contributed by atoms with Crippen LogP contribution in [0.15, 0.2) is 18.2 Å². The Morgan fingerprint density at radius 2 is 2.05 bits per heavy atom. The molecule has 0 saturated carbocycles. The highest BCUT2D eigenvalue weighted by molar-refractivity contribution is 5.94. The number of hydrogen-bond acceptors (Lipinski definition) is 2. The van der Waals surface area contributed by atoms with Crippen molar-refractivity contribution in [2.75, 3.05) is 19.6 Å². The second-order valence-electron chi connectivity index (χ2n) is 5.90. The highest BCUT2D eigenvalue weighted by Gasteiger charge is 2.23. The predicted octanol–water partition coefficient (Wildman–Crippen LogP) is 2.82. The molecule has 1 aliphatic heterocycles. The number of piperidine rings is 1. The lowest BCUT2D eigenvalue weighted by molar-refractivity contribution is 0.0914. The van der Waals surface area contributed by atoms with E-state index in [-0.39, 0.29) is 0 Å². The van der Waals surface area contributed by atoms with E-state index in [1.54, 1.807) is 0 Å². The molecule has 1 aliphatic rings. The van der Waals surface area contributed by atoms with Gasteiger partial charge in [-0.15, -0.1) is 0 Å². The molecule has 0 unspecified atom stereocenters. The molecule has 1 heterocycles. The van der Waals surface area contributed by atoms with Gasteiger partial charge in [-0.2, -0.15) is 0 Å². The first-order valence-corrected chi connectivity index (χ1v) is 7.45. The molecule has 1 amide bonds. The summed E-state index contributed by atoms with van der Waals surface area (Å²) >= 11 is 0. The number of hydrogen-bond donors (Lipinski definition) is 1. The van der Waals surface area contributed by atoms with Crippen LogP contribution in [0.3, 0.4) is 0 Å². The molecule has 1 fully saturated rings. The van der Waals surface area contributed by atoms with Crippen molar-refractivity contribution in [2.24, 2.45) is 5.92 Å². The van der Waals surface area contributed by atoms with E-state index in [0.29, 0.717) is 18.5 Å². The molecule has 1 saturated heterocycles. The van der Waals surface area contributed by atoms with Gasteiger partial charge in [-0.3, -0.25) is 4.79 Å². The van der Waals surface area contributed by atoms with Gasteiger partial charge in [0, 0.05) is 19.1 Å². The number of nitrogens with zero attached hydrogens (tertiary/aromatic N) is 1. The van der Waals surface area contributed by atoms with Gasteiger partial charge in [0.15, 0.2) is 0 Å². The van der Waals surface area contributed by atoms with Crippen molar-refractivity contribution in [3.8, 4) is 0 Å². The number of likely N-dealkylation sites (tertiary alicyclic amines) is 1. The topological polar surface area (TPSA) is 32.3 Å². The fraction of sp³-hybridized carbons (Fsp3) is 0.562. The molecule has 0 aliphatic carbocycles. The molecule has 0 radical (unpaired) electrons. The minimum atomic E-state index is -0.819. The maximum Gasteiger partial charge on any atom is 0.257 e. The smallest absolute Gasteiger partial charge is 0.257 e. The van der Waals surface area contributed by atoms with E-state index in [4.69, 9.17) is 0 Å². The lowest BCUT2D eigenvalue weighted by Gasteiger charge is -2.35. The summed E-state index contributed by atoms with van der Waals surface area (Å²) in [7, 11) is 0. The largest absolute Gasteiger partial charge is 0.352 e. The Morgan fingerprint density at radius 1 is 1.38 bits per heavy atom. The summed E-state index contributed by atoms with van der Waals surface area (Å²) in [6, 6.07) is 3.92. The number of nitrogens with one attached hydrogen (secondary N) is 1. The number of carbonyl (C=O) groups excluding carboxylic acids is 1. The van der Waals surface area contributed by atoms with Gasteiger partial charge in [0.25, 0.3) is 5.91 Å². The van der Waals surface area contributed by atoms with Crippen LogP contribution in [0.2, 0.25) is 0 Å². The molecule has 1 N–H and O–H groups in total. The molecule has 116 valence electrons. The zero-order valence-electron chi connectivity index (χ0n) is 12.5. The van der Waals surface area contributed by atoms with Crippen LogP contribution in [-0.2, 0) is 0 Å². The minimum Gasteiger partial charge on any atom is -0.352 e. The van der Waals surface area contributed by atoms with E-state index in [0.717, 1.165) is 38.1 Å². The molecule has 0 bridgehead atoms. The van der Waals surface area contributed by atoms with E-state index in [1.165, 1.54) is 6.07 Å². The second kappa shape index (κ2) is 6.98. The van der Waals surface area contributed by atoms with Crippen LogP contribution in [0, 0.1) is 17.6 Å². The molecule has 0 spiro atoms. The Labute approximate surface area is 124 Å². The lowest BCUT2D eigenvalue weighted by atomic mass is 9.97. The summed E-state index contributed by atoms with van der Waals surface area (Å²) < 4.78 is 27.1.